The number of H-pyrrole nitrogens is 2. The second-order valence-corrected chi connectivity index (χ2v) is 5.00. The Kier molecular flexibility index (Phi) is 3.36. The van der Waals surface area contributed by atoms with Gasteiger partial charge in [0.15, 0.2) is 0 Å². The van der Waals surface area contributed by atoms with Crippen LogP contribution in [0.15, 0.2) is 29.4 Å². The molecule has 0 saturated heterocycles. The summed E-state index contributed by atoms with van der Waals surface area (Å²) in [6.07, 6.45) is -3.30. The number of benzene rings is 1. The lowest BCUT2D eigenvalue weighted by Gasteiger charge is -2.03. The maximum absolute atomic E-state index is 12.8. The summed E-state index contributed by atoms with van der Waals surface area (Å²) in [7, 11) is 0. The van der Waals surface area contributed by atoms with Crippen LogP contribution in [0.2, 0.25) is 0 Å². The van der Waals surface area contributed by atoms with Gasteiger partial charge in [-0.25, -0.2) is 5.10 Å². The maximum atomic E-state index is 12.8. The number of aromatic nitrogens is 4. The van der Waals surface area contributed by atoms with Gasteiger partial charge in [0.1, 0.15) is 0 Å². The van der Waals surface area contributed by atoms with Gasteiger partial charge in [-0.2, -0.15) is 22.9 Å². The molecule has 0 saturated carbocycles. The van der Waals surface area contributed by atoms with Gasteiger partial charge in [0.2, 0.25) is 4.77 Å². The van der Waals surface area contributed by atoms with Crippen LogP contribution >= 0.6 is 12.2 Å². The van der Waals surface area contributed by atoms with E-state index in [0.29, 0.717) is 10.2 Å². The summed E-state index contributed by atoms with van der Waals surface area (Å²) >= 11 is 4.79. The predicted octanol–water partition coefficient (Wildman–Crippen LogP) is 3.63. The quantitative estimate of drug-likeness (QED) is 0.558. The molecule has 0 bridgehead atoms. The Labute approximate surface area is 127 Å². The van der Waals surface area contributed by atoms with E-state index in [9.17, 15) is 13.2 Å². The number of rotatable bonds is 2. The molecule has 5 nitrogen and oxygen atoms in total. The number of aryl methyl sites for hydroxylation is 1. The molecule has 3 rings (SSSR count). The van der Waals surface area contributed by atoms with Crippen molar-refractivity contribution in [3.05, 3.63) is 46.1 Å². The number of nitrogens with one attached hydrogen (secondary N) is 2. The van der Waals surface area contributed by atoms with E-state index in [1.807, 2.05) is 31.2 Å². The highest BCUT2D eigenvalue weighted by molar-refractivity contribution is 7.71. The van der Waals surface area contributed by atoms with Crippen molar-refractivity contribution in [2.45, 2.75) is 13.1 Å². The van der Waals surface area contributed by atoms with E-state index in [0.717, 1.165) is 16.6 Å². The molecule has 3 aromatic rings. The third-order valence-corrected chi connectivity index (χ3v) is 3.41. The second-order valence-electron chi connectivity index (χ2n) is 4.62. The van der Waals surface area contributed by atoms with Crippen molar-refractivity contribution in [2.24, 2.45) is 5.10 Å². The Bertz CT molecular complexity index is 916. The maximum Gasteiger partial charge on any atom is 0.453 e. The molecule has 1 aromatic carbocycles. The van der Waals surface area contributed by atoms with Crippen LogP contribution in [0.1, 0.15) is 17.1 Å². The number of hydrogen-bond acceptors (Lipinski definition) is 3. The van der Waals surface area contributed by atoms with E-state index in [2.05, 4.69) is 20.3 Å². The molecule has 22 heavy (non-hydrogen) atoms. The van der Waals surface area contributed by atoms with Crippen molar-refractivity contribution in [3.63, 3.8) is 0 Å². The van der Waals surface area contributed by atoms with E-state index in [4.69, 9.17) is 12.2 Å². The molecule has 2 N–H and O–H groups in total. The zero-order valence-electron chi connectivity index (χ0n) is 11.3. The van der Waals surface area contributed by atoms with Crippen molar-refractivity contribution < 1.29 is 13.2 Å². The molecule has 2 heterocycles. The molecule has 0 spiro atoms. The summed E-state index contributed by atoms with van der Waals surface area (Å²) < 4.78 is 38.8. The first-order chi connectivity index (χ1) is 10.4. The normalized spacial score (nSPS) is 12.5. The second kappa shape index (κ2) is 5.09. The molecule has 114 valence electrons. The van der Waals surface area contributed by atoms with Crippen LogP contribution in [0, 0.1) is 11.7 Å². The van der Waals surface area contributed by atoms with Gasteiger partial charge in [-0.1, -0.05) is 18.2 Å². The molecule has 0 fully saturated rings. The minimum absolute atomic E-state index is 0.221. The first-order valence-corrected chi connectivity index (χ1v) is 6.65. The minimum atomic E-state index is -4.64. The molecular formula is C13H10F3N5S. The average molecular weight is 325 g/mol. The first-order valence-electron chi connectivity index (χ1n) is 6.24. The standard InChI is InChI=1S/C13H10F3N5S/c1-7-9(8-4-2-3-5-10(8)18-7)6-17-21-11(13(14,15)16)19-20-12(21)22/h2-6,18H,1H3,(H,20,22)/b17-6-. The molecular weight excluding hydrogens is 315 g/mol. The molecule has 0 amide bonds. The van der Waals surface area contributed by atoms with Crippen LogP contribution in [0.25, 0.3) is 10.9 Å². The number of hydrogen-bond donors (Lipinski definition) is 2. The number of aromatic amines is 2. The van der Waals surface area contributed by atoms with Crippen LogP contribution in [0.4, 0.5) is 13.2 Å². The third-order valence-electron chi connectivity index (χ3n) is 3.15. The first kappa shape index (κ1) is 14.5. The van der Waals surface area contributed by atoms with E-state index in [-0.39, 0.29) is 4.77 Å². The lowest BCUT2D eigenvalue weighted by Crippen LogP contribution is -2.12. The zero-order chi connectivity index (χ0) is 15.9. The molecule has 0 aliphatic rings. The van der Waals surface area contributed by atoms with Gasteiger partial charge in [-0.15, -0.1) is 5.10 Å². The summed E-state index contributed by atoms with van der Waals surface area (Å²) in [4.78, 5) is 3.14. The lowest BCUT2D eigenvalue weighted by atomic mass is 10.1. The zero-order valence-corrected chi connectivity index (χ0v) is 12.1. The monoisotopic (exact) mass is 325 g/mol. The molecule has 0 atom stereocenters. The highest BCUT2D eigenvalue weighted by atomic mass is 32.1. The smallest absolute Gasteiger partial charge is 0.358 e. The summed E-state index contributed by atoms with van der Waals surface area (Å²) in [6, 6.07) is 7.45. The van der Waals surface area contributed by atoms with Crippen molar-refractivity contribution in [1.29, 1.82) is 0 Å². The third kappa shape index (κ3) is 2.43. The van der Waals surface area contributed by atoms with E-state index in [1.54, 1.807) is 0 Å². The van der Waals surface area contributed by atoms with E-state index < -0.39 is 12.0 Å². The largest absolute Gasteiger partial charge is 0.453 e. The van der Waals surface area contributed by atoms with Crippen LogP contribution in [-0.4, -0.2) is 26.1 Å². The number of alkyl halides is 3. The fourth-order valence-electron chi connectivity index (χ4n) is 2.16. The Hall–Kier alpha value is -2.42. The van der Waals surface area contributed by atoms with Gasteiger partial charge in [-0.3, -0.25) is 0 Å². The van der Waals surface area contributed by atoms with Gasteiger partial charge >= 0.3 is 6.18 Å². The molecule has 0 aliphatic heterocycles. The summed E-state index contributed by atoms with van der Waals surface area (Å²) in [5, 5.41) is 9.98. The molecule has 0 radical (unpaired) electrons. The summed E-state index contributed by atoms with van der Waals surface area (Å²) in [6.45, 7) is 1.82. The van der Waals surface area contributed by atoms with Crippen molar-refractivity contribution >= 4 is 29.3 Å². The number of nitrogens with zero attached hydrogens (tertiary/aromatic N) is 3. The van der Waals surface area contributed by atoms with Crippen LogP contribution in [0.3, 0.4) is 0 Å². The van der Waals surface area contributed by atoms with Gasteiger partial charge in [0.25, 0.3) is 5.82 Å². The Morgan fingerprint density at radius 1 is 1.32 bits per heavy atom. The summed E-state index contributed by atoms with van der Waals surface area (Å²) in [5.41, 5.74) is 2.38. The predicted molar refractivity (Wildman–Crippen MR) is 78.4 cm³/mol. The van der Waals surface area contributed by atoms with Crippen LogP contribution < -0.4 is 0 Å². The average Bonchev–Trinajstić information content (AvgIpc) is 2.96. The van der Waals surface area contributed by atoms with E-state index in [1.165, 1.54) is 6.21 Å². The molecule has 0 unspecified atom stereocenters. The highest BCUT2D eigenvalue weighted by Gasteiger charge is 2.37. The highest BCUT2D eigenvalue weighted by Crippen LogP contribution is 2.27. The molecule has 0 aliphatic carbocycles. The Morgan fingerprint density at radius 3 is 2.77 bits per heavy atom. The Morgan fingerprint density at radius 2 is 2.05 bits per heavy atom. The lowest BCUT2D eigenvalue weighted by molar-refractivity contribution is -0.147. The van der Waals surface area contributed by atoms with Gasteiger partial charge in [0.05, 0.1) is 6.21 Å². The molecule has 2 aromatic heterocycles. The van der Waals surface area contributed by atoms with E-state index >= 15 is 0 Å². The molecule has 9 heteroatoms. The van der Waals surface area contributed by atoms with Gasteiger partial charge < -0.3 is 4.98 Å². The summed E-state index contributed by atoms with van der Waals surface area (Å²) in [5.74, 6) is -1.19. The number of halogens is 3. The van der Waals surface area contributed by atoms with Crippen LogP contribution in [0.5, 0.6) is 0 Å². The fraction of sp³-hybridized carbons (Fsp3) is 0.154. The number of fused-ring (bicyclic) bond motifs is 1. The number of para-hydroxylation sites is 1. The van der Waals surface area contributed by atoms with Gasteiger partial charge in [0, 0.05) is 22.2 Å². The van der Waals surface area contributed by atoms with Crippen molar-refractivity contribution in [1.82, 2.24) is 19.9 Å². The van der Waals surface area contributed by atoms with Crippen molar-refractivity contribution in [2.75, 3.05) is 0 Å². The topological polar surface area (TPSA) is 61.8 Å². The SMILES string of the molecule is Cc1[nH]c2ccccc2c1/C=N\n1c(C(F)(F)F)n[nH]c1=S. The van der Waals surface area contributed by atoms with Gasteiger partial charge in [-0.05, 0) is 25.2 Å². The minimum Gasteiger partial charge on any atom is -0.358 e. The Balaban J connectivity index is 2.10. The van der Waals surface area contributed by atoms with Crippen LogP contribution in [-0.2, 0) is 6.18 Å². The fourth-order valence-corrected chi connectivity index (χ4v) is 2.34. The van der Waals surface area contributed by atoms with Crippen molar-refractivity contribution in [3.8, 4) is 0 Å².